The fourth-order valence-electron chi connectivity index (χ4n) is 5.05. The minimum atomic E-state index is -4.29. The van der Waals surface area contributed by atoms with E-state index in [-0.39, 0.29) is 42.0 Å². The van der Waals surface area contributed by atoms with Crippen molar-refractivity contribution in [2.24, 2.45) is 5.92 Å². The van der Waals surface area contributed by atoms with Crippen molar-refractivity contribution >= 4 is 27.5 Å². The number of carbonyl (C=O) groups excluding carboxylic acids is 2. The van der Waals surface area contributed by atoms with Gasteiger partial charge in [-0.1, -0.05) is 86.1 Å². The molecule has 0 aromatic heterocycles. The third-order valence-corrected chi connectivity index (χ3v) is 9.32. The number of ether oxygens (including phenoxy) is 1. The van der Waals surface area contributed by atoms with Crippen LogP contribution >= 0.6 is 0 Å². The molecule has 0 saturated carbocycles. The second kappa shape index (κ2) is 16.2. The standard InChI is InChI=1S/C37H42FN3O5S/c1-5-46-35-14-10-9-13-33(35)41(47(44,45)32-21-15-28(4)16-22-32)26-36(42)40(25-30-17-19-31(38)20-18-30)34(37(43)39-24-27(2)3)23-29-11-7-6-8-12-29/h6-22,27,34H,5,23-26H2,1-4H3,(H,39,43). The molecule has 0 aliphatic carbocycles. The molecule has 0 heterocycles. The molecular formula is C37H42FN3O5S. The lowest BCUT2D eigenvalue weighted by Crippen LogP contribution is -2.53. The predicted octanol–water partition coefficient (Wildman–Crippen LogP) is 6.14. The fraction of sp³-hybridized carbons (Fsp3) is 0.297. The van der Waals surface area contributed by atoms with E-state index in [0.29, 0.717) is 17.9 Å². The van der Waals surface area contributed by atoms with E-state index in [1.54, 1.807) is 55.5 Å². The topological polar surface area (TPSA) is 96.0 Å². The zero-order valence-corrected chi connectivity index (χ0v) is 28.0. The highest BCUT2D eigenvalue weighted by Crippen LogP contribution is 2.33. The third-order valence-electron chi connectivity index (χ3n) is 7.54. The molecule has 2 amide bonds. The van der Waals surface area contributed by atoms with Crippen molar-refractivity contribution < 1.29 is 27.1 Å². The predicted molar refractivity (Wildman–Crippen MR) is 182 cm³/mol. The SMILES string of the molecule is CCOc1ccccc1N(CC(=O)N(Cc1ccc(F)cc1)C(Cc1ccccc1)C(=O)NCC(C)C)S(=O)(=O)c1ccc(C)cc1. The second-order valence-electron chi connectivity index (χ2n) is 11.7. The lowest BCUT2D eigenvalue weighted by Gasteiger charge is -2.34. The molecule has 0 aliphatic heterocycles. The van der Waals surface area contributed by atoms with Gasteiger partial charge in [-0.25, -0.2) is 12.8 Å². The van der Waals surface area contributed by atoms with E-state index in [9.17, 15) is 22.4 Å². The highest BCUT2D eigenvalue weighted by Gasteiger charge is 2.35. The molecule has 1 unspecified atom stereocenters. The van der Waals surface area contributed by atoms with Crippen molar-refractivity contribution in [3.8, 4) is 5.75 Å². The molecule has 10 heteroatoms. The average molecular weight is 660 g/mol. The molecular weight excluding hydrogens is 617 g/mol. The van der Waals surface area contributed by atoms with E-state index >= 15 is 0 Å². The lowest BCUT2D eigenvalue weighted by molar-refractivity contribution is -0.140. The summed E-state index contributed by atoms with van der Waals surface area (Å²) in [7, 11) is -4.29. The first-order valence-electron chi connectivity index (χ1n) is 15.7. The number of halogens is 1. The van der Waals surface area contributed by atoms with Gasteiger partial charge < -0.3 is 15.0 Å². The minimum absolute atomic E-state index is 0.00259. The average Bonchev–Trinajstić information content (AvgIpc) is 3.06. The van der Waals surface area contributed by atoms with E-state index in [4.69, 9.17) is 4.74 Å². The van der Waals surface area contributed by atoms with Gasteiger partial charge in [-0.15, -0.1) is 0 Å². The number of carbonyl (C=O) groups is 2. The van der Waals surface area contributed by atoms with Crippen LogP contribution in [0.25, 0.3) is 0 Å². The maximum Gasteiger partial charge on any atom is 0.264 e. The van der Waals surface area contributed by atoms with Crippen molar-refractivity contribution in [2.45, 2.75) is 51.6 Å². The van der Waals surface area contributed by atoms with Crippen LogP contribution < -0.4 is 14.4 Å². The van der Waals surface area contributed by atoms with Crippen LogP contribution in [0.4, 0.5) is 10.1 Å². The minimum Gasteiger partial charge on any atom is -0.492 e. The summed E-state index contributed by atoms with van der Waals surface area (Å²) in [5.41, 5.74) is 2.47. The molecule has 0 aliphatic rings. The summed E-state index contributed by atoms with van der Waals surface area (Å²) in [6.45, 7) is 7.56. The smallest absolute Gasteiger partial charge is 0.264 e. The number of para-hydroxylation sites is 2. The Hall–Kier alpha value is -4.70. The van der Waals surface area contributed by atoms with Gasteiger partial charge in [0.25, 0.3) is 10.0 Å². The van der Waals surface area contributed by atoms with Gasteiger partial charge in [0.05, 0.1) is 17.2 Å². The van der Waals surface area contributed by atoms with Crippen LogP contribution in [0.5, 0.6) is 5.75 Å². The van der Waals surface area contributed by atoms with E-state index in [1.165, 1.54) is 29.2 Å². The molecule has 0 bridgehead atoms. The summed E-state index contributed by atoms with van der Waals surface area (Å²) < 4.78 is 49.3. The Morgan fingerprint density at radius 2 is 1.49 bits per heavy atom. The second-order valence-corrected chi connectivity index (χ2v) is 13.6. The summed E-state index contributed by atoms with van der Waals surface area (Å²) in [6.07, 6.45) is 0.179. The summed E-state index contributed by atoms with van der Waals surface area (Å²) >= 11 is 0. The number of benzene rings is 4. The number of hydrogen-bond donors (Lipinski definition) is 1. The number of aryl methyl sites for hydroxylation is 1. The third kappa shape index (κ3) is 9.42. The zero-order valence-electron chi connectivity index (χ0n) is 27.2. The van der Waals surface area contributed by atoms with Gasteiger partial charge in [0.1, 0.15) is 24.2 Å². The number of anilines is 1. The van der Waals surface area contributed by atoms with Crippen LogP contribution in [0.1, 0.15) is 37.5 Å². The molecule has 4 aromatic carbocycles. The van der Waals surface area contributed by atoms with E-state index < -0.39 is 34.3 Å². The molecule has 4 aromatic rings. The number of nitrogens with zero attached hydrogens (tertiary/aromatic N) is 2. The largest absolute Gasteiger partial charge is 0.492 e. The quantitative estimate of drug-likeness (QED) is 0.166. The Kier molecular flexibility index (Phi) is 12.1. The molecule has 0 radical (unpaired) electrons. The Bertz CT molecular complexity index is 1730. The van der Waals surface area contributed by atoms with Crippen molar-refractivity contribution in [1.29, 1.82) is 0 Å². The highest BCUT2D eigenvalue weighted by molar-refractivity contribution is 7.92. The molecule has 8 nitrogen and oxygen atoms in total. The van der Waals surface area contributed by atoms with Gasteiger partial charge in [-0.2, -0.15) is 0 Å². The molecule has 248 valence electrons. The van der Waals surface area contributed by atoms with Crippen LogP contribution in [0.2, 0.25) is 0 Å². The van der Waals surface area contributed by atoms with Gasteiger partial charge in [-0.3, -0.25) is 13.9 Å². The normalized spacial score (nSPS) is 12.0. The van der Waals surface area contributed by atoms with Crippen LogP contribution in [-0.2, 0) is 32.6 Å². The fourth-order valence-corrected chi connectivity index (χ4v) is 6.48. The Morgan fingerprint density at radius 1 is 0.851 bits per heavy atom. The van der Waals surface area contributed by atoms with Gasteiger partial charge in [0, 0.05) is 19.5 Å². The number of hydrogen-bond acceptors (Lipinski definition) is 5. The molecule has 0 fully saturated rings. The van der Waals surface area contributed by atoms with Gasteiger partial charge in [0.2, 0.25) is 11.8 Å². The maximum absolute atomic E-state index is 14.6. The number of nitrogens with one attached hydrogen (secondary N) is 1. The van der Waals surface area contributed by atoms with Crippen LogP contribution in [0, 0.1) is 18.7 Å². The van der Waals surface area contributed by atoms with Crippen LogP contribution in [-0.4, -0.2) is 50.9 Å². The molecule has 0 spiro atoms. The first kappa shape index (κ1) is 35.2. The molecule has 4 rings (SSSR count). The molecule has 1 N–H and O–H groups in total. The molecule has 47 heavy (non-hydrogen) atoms. The first-order valence-corrected chi connectivity index (χ1v) is 17.1. The molecule has 1 atom stereocenters. The Labute approximate surface area is 277 Å². The van der Waals surface area contributed by atoms with E-state index in [1.807, 2.05) is 51.1 Å². The lowest BCUT2D eigenvalue weighted by atomic mass is 10.0. The monoisotopic (exact) mass is 659 g/mol. The van der Waals surface area contributed by atoms with Crippen molar-refractivity contribution in [3.63, 3.8) is 0 Å². The van der Waals surface area contributed by atoms with E-state index in [0.717, 1.165) is 15.4 Å². The summed E-state index contributed by atoms with van der Waals surface area (Å²) in [4.78, 5) is 29.9. The number of sulfonamides is 1. The molecule has 0 saturated heterocycles. The zero-order chi connectivity index (χ0) is 34.0. The van der Waals surface area contributed by atoms with Gasteiger partial charge in [-0.05, 0) is 67.3 Å². The van der Waals surface area contributed by atoms with Gasteiger partial charge >= 0.3 is 0 Å². The van der Waals surface area contributed by atoms with Crippen molar-refractivity contribution in [2.75, 3.05) is 24.0 Å². The van der Waals surface area contributed by atoms with Crippen LogP contribution in [0.15, 0.2) is 108 Å². The number of amides is 2. The summed E-state index contributed by atoms with van der Waals surface area (Å²) in [5.74, 6) is -0.982. The van der Waals surface area contributed by atoms with Crippen molar-refractivity contribution in [1.82, 2.24) is 10.2 Å². The Morgan fingerprint density at radius 3 is 2.13 bits per heavy atom. The first-order chi connectivity index (χ1) is 22.5. The van der Waals surface area contributed by atoms with Gasteiger partial charge in [0.15, 0.2) is 0 Å². The van der Waals surface area contributed by atoms with Crippen molar-refractivity contribution in [3.05, 3.63) is 126 Å². The van der Waals surface area contributed by atoms with Crippen LogP contribution in [0.3, 0.4) is 0 Å². The maximum atomic E-state index is 14.6. The summed E-state index contributed by atoms with van der Waals surface area (Å²) in [6, 6.07) is 27.0. The Balaban J connectivity index is 1.83. The highest BCUT2D eigenvalue weighted by atomic mass is 32.2. The van der Waals surface area contributed by atoms with E-state index in [2.05, 4.69) is 5.32 Å². The number of rotatable bonds is 15. The summed E-state index contributed by atoms with van der Waals surface area (Å²) in [5, 5.41) is 2.96.